The summed E-state index contributed by atoms with van der Waals surface area (Å²) in [7, 11) is 0. The highest BCUT2D eigenvalue weighted by molar-refractivity contribution is 5.74. The van der Waals surface area contributed by atoms with Crippen LogP contribution in [0.1, 0.15) is 26.2 Å². The van der Waals surface area contributed by atoms with Crippen LogP contribution >= 0.6 is 0 Å². The zero-order valence-electron chi connectivity index (χ0n) is 11.6. The highest BCUT2D eigenvalue weighted by atomic mass is 15.2. The third-order valence-corrected chi connectivity index (χ3v) is 2.69. The molecule has 0 unspecified atom stereocenters. The van der Waals surface area contributed by atoms with Gasteiger partial charge >= 0.3 is 0 Å². The molecule has 1 aromatic rings. The van der Waals surface area contributed by atoms with E-state index in [0.29, 0.717) is 43.3 Å². The van der Waals surface area contributed by atoms with Crippen LogP contribution in [-0.4, -0.2) is 29.6 Å². The molecule has 20 heavy (non-hydrogen) atoms. The summed E-state index contributed by atoms with van der Waals surface area (Å²) in [5, 5.41) is 20.6. The molecule has 1 rings (SSSR count). The van der Waals surface area contributed by atoms with E-state index >= 15 is 0 Å². The summed E-state index contributed by atoms with van der Waals surface area (Å²) in [6.07, 6.45) is 3.11. The average molecular weight is 273 g/mol. The van der Waals surface area contributed by atoms with E-state index < -0.39 is 0 Å². The van der Waals surface area contributed by atoms with Crippen molar-refractivity contribution in [3.05, 3.63) is 6.33 Å². The fourth-order valence-electron chi connectivity index (χ4n) is 1.72. The fourth-order valence-corrected chi connectivity index (χ4v) is 1.72. The number of nitrogens with zero attached hydrogens (tertiary/aromatic N) is 5. The minimum absolute atomic E-state index is 0.354. The molecule has 1 aromatic heterocycles. The summed E-state index contributed by atoms with van der Waals surface area (Å²) in [5.74, 6) is 1.17. The zero-order valence-corrected chi connectivity index (χ0v) is 11.6. The Morgan fingerprint density at radius 1 is 1.25 bits per heavy atom. The van der Waals surface area contributed by atoms with Gasteiger partial charge in [0.25, 0.3) is 0 Å². The summed E-state index contributed by atoms with van der Waals surface area (Å²) in [5.41, 5.74) is 6.53. The number of nitrogen functional groups attached to an aromatic ring is 1. The number of rotatable bonds is 8. The molecular weight excluding hydrogens is 254 g/mol. The van der Waals surface area contributed by atoms with E-state index in [0.717, 1.165) is 13.0 Å². The maximum Gasteiger partial charge on any atom is 0.157 e. The minimum atomic E-state index is 0.354. The van der Waals surface area contributed by atoms with Crippen LogP contribution in [0, 0.1) is 22.7 Å². The van der Waals surface area contributed by atoms with Crippen LogP contribution in [0.25, 0.3) is 0 Å². The van der Waals surface area contributed by atoms with Crippen LogP contribution in [0.2, 0.25) is 0 Å². The molecule has 106 valence electrons. The molecule has 1 heterocycles. The van der Waals surface area contributed by atoms with Crippen molar-refractivity contribution in [1.29, 1.82) is 10.5 Å². The van der Waals surface area contributed by atoms with Crippen LogP contribution in [0.15, 0.2) is 6.33 Å². The molecule has 7 heteroatoms. The molecule has 0 aliphatic rings. The molecule has 0 spiro atoms. The first-order valence-electron chi connectivity index (χ1n) is 6.57. The predicted octanol–water partition coefficient (Wildman–Crippen LogP) is 1.51. The van der Waals surface area contributed by atoms with Crippen molar-refractivity contribution < 1.29 is 0 Å². The number of hydrogen-bond donors (Lipinski definition) is 2. The van der Waals surface area contributed by atoms with Crippen molar-refractivity contribution in [3.8, 4) is 12.1 Å². The van der Waals surface area contributed by atoms with Crippen LogP contribution in [-0.2, 0) is 0 Å². The van der Waals surface area contributed by atoms with Crippen molar-refractivity contribution in [2.24, 2.45) is 0 Å². The van der Waals surface area contributed by atoms with Crippen molar-refractivity contribution in [2.75, 3.05) is 35.6 Å². The Morgan fingerprint density at radius 3 is 2.45 bits per heavy atom. The smallest absolute Gasteiger partial charge is 0.157 e. The predicted molar refractivity (Wildman–Crippen MR) is 77.9 cm³/mol. The second kappa shape index (κ2) is 8.54. The van der Waals surface area contributed by atoms with Crippen molar-refractivity contribution in [3.63, 3.8) is 0 Å². The topological polar surface area (TPSA) is 115 Å². The largest absolute Gasteiger partial charge is 0.393 e. The van der Waals surface area contributed by atoms with Crippen molar-refractivity contribution in [1.82, 2.24) is 9.97 Å². The van der Waals surface area contributed by atoms with Gasteiger partial charge in [-0.1, -0.05) is 6.92 Å². The van der Waals surface area contributed by atoms with Crippen LogP contribution < -0.4 is 16.0 Å². The molecule has 7 nitrogen and oxygen atoms in total. The first kappa shape index (κ1) is 15.5. The first-order chi connectivity index (χ1) is 9.74. The van der Waals surface area contributed by atoms with E-state index in [4.69, 9.17) is 16.3 Å². The van der Waals surface area contributed by atoms with Gasteiger partial charge in [0.1, 0.15) is 12.0 Å². The molecule has 0 radical (unpaired) electrons. The van der Waals surface area contributed by atoms with Gasteiger partial charge in [0, 0.05) is 19.6 Å². The van der Waals surface area contributed by atoms with Gasteiger partial charge in [-0.15, -0.1) is 0 Å². The fraction of sp³-hybridized carbons (Fsp3) is 0.538. The monoisotopic (exact) mass is 273 g/mol. The summed E-state index contributed by atoms with van der Waals surface area (Å²) in [6.45, 7) is 3.81. The molecule has 0 fully saturated rings. The summed E-state index contributed by atoms with van der Waals surface area (Å²) < 4.78 is 0. The standard InChI is InChI=1S/C13H19N7/c1-2-7-17-12-11(16)13(19-10-18-12)20(8-3-5-14)9-4-6-15/h10H,2-4,7-9,16H2,1H3,(H,17,18,19). The Bertz CT molecular complexity index is 482. The highest BCUT2D eigenvalue weighted by Gasteiger charge is 2.14. The molecule has 0 bridgehead atoms. The Labute approximate surface area is 119 Å². The number of nitriles is 2. The lowest BCUT2D eigenvalue weighted by atomic mass is 10.3. The molecule has 0 aliphatic heterocycles. The van der Waals surface area contributed by atoms with Gasteiger partial charge in [0.15, 0.2) is 11.6 Å². The molecule has 0 saturated heterocycles. The molecule has 0 amide bonds. The van der Waals surface area contributed by atoms with Crippen LogP contribution in [0.3, 0.4) is 0 Å². The summed E-state index contributed by atoms with van der Waals surface area (Å²) in [6, 6.07) is 4.18. The van der Waals surface area contributed by atoms with E-state index in [1.807, 2.05) is 4.90 Å². The molecule has 0 aliphatic carbocycles. The minimum Gasteiger partial charge on any atom is -0.393 e. The summed E-state index contributed by atoms with van der Waals surface area (Å²) in [4.78, 5) is 10.1. The van der Waals surface area contributed by atoms with Crippen molar-refractivity contribution in [2.45, 2.75) is 26.2 Å². The van der Waals surface area contributed by atoms with Gasteiger partial charge < -0.3 is 16.0 Å². The van der Waals surface area contributed by atoms with Gasteiger partial charge in [0.2, 0.25) is 0 Å². The molecule has 3 N–H and O–H groups in total. The SMILES string of the molecule is CCCNc1ncnc(N(CCC#N)CCC#N)c1N. The van der Waals surface area contributed by atoms with E-state index in [1.54, 1.807) is 0 Å². The maximum atomic E-state index is 8.71. The first-order valence-corrected chi connectivity index (χ1v) is 6.57. The molecule has 0 atom stereocenters. The van der Waals surface area contributed by atoms with Crippen LogP contribution in [0.4, 0.5) is 17.3 Å². The number of hydrogen-bond acceptors (Lipinski definition) is 7. The van der Waals surface area contributed by atoms with E-state index in [9.17, 15) is 0 Å². The number of nitrogens with one attached hydrogen (secondary N) is 1. The second-order valence-electron chi connectivity index (χ2n) is 4.19. The highest BCUT2D eigenvalue weighted by Crippen LogP contribution is 2.26. The number of aromatic nitrogens is 2. The number of nitrogens with two attached hydrogens (primary N) is 1. The Kier molecular flexibility index (Phi) is 6.63. The quantitative estimate of drug-likeness (QED) is 0.737. The normalized spacial score (nSPS) is 9.55. The van der Waals surface area contributed by atoms with Gasteiger partial charge in [0.05, 0.1) is 25.0 Å². The van der Waals surface area contributed by atoms with Gasteiger partial charge in [-0.3, -0.25) is 0 Å². The van der Waals surface area contributed by atoms with E-state index in [-0.39, 0.29) is 0 Å². The number of anilines is 3. The molecule has 0 saturated carbocycles. The van der Waals surface area contributed by atoms with E-state index in [1.165, 1.54) is 6.33 Å². The molecular formula is C13H19N7. The Balaban J connectivity index is 2.94. The second-order valence-corrected chi connectivity index (χ2v) is 4.19. The van der Waals surface area contributed by atoms with Gasteiger partial charge in [-0.05, 0) is 6.42 Å². The Morgan fingerprint density at radius 2 is 1.90 bits per heavy atom. The zero-order chi connectivity index (χ0) is 14.8. The van der Waals surface area contributed by atoms with Crippen LogP contribution in [0.5, 0.6) is 0 Å². The lowest BCUT2D eigenvalue weighted by Gasteiger charge is -2.23. The van der Waals surface area contributed by atoms with Gasteiger partial charge in [-0.2, -0.15) is 10.5 Å². The lowest BCUT2D eigenvalue weighted by Crippen LogP contribution is -2.27. The summed E-state index contributed by atoms with van der Waals surface area (Å²) >= 11 is 0. The average Bonchev–Trinajstić information content (AvgIpc) is 2.47. The third-order valence-electron chi connectivity index (χ3n) is 2.69. The Hall–Kier alpha value is -2.54. The van der Waals surface area contributed by atoms with Gasteiger partial charge in [-0.25, -0.2) is 9.97 Å². The van der Waals surface area contributed by atoms with Crippen molar-refractivity contribution >= 4 is 17.3 Å². The third kappa shape index (κ3) is 4.29. The molecule has 0 aromatic carbocycles. The van der Waals surface area contributed by atoms with E-state index in [2.05, 4.69) is 34.3 Å². The maximum absolute atomic E-state index is 8.71. The lowest BCUT2D eigenvalue weighted by molar-refractivity contribution is 0.781.